The number of para-hydroxylation sites is 1. The molecule has 0 spiro atoms. The number of aliphatic imine (C=N–C) groups is 1. The van der Waals surface area contributed by atoms with Gasteiger partial charge < -0.3 is 9.64 Å². The molecule has 1 N–H and O–H groups in total. The second-order valence-electron chi connectivity index (χ2n) is 11.0. The van der Waals surface area contributed by atoms with Gasteiger partial charge in [-0.05, 0) is 67.6 Å². The van der Waals surface area contributed by atoms with Gasteiger partial charge >= 0.3 is 0 Å². The van der Waals surface area contributed by atoms with Gasteiger partial charge in [0, 0.05) is 61.9 Å². The van der Waals surface area contributed by atoms with Gasteiger partial charge in [0.15, 0.2) is 0 Å². The number of rotatable bonds is 9. The zero-order valence-corrected chi connectivity index (χ0v) is 25.1. The third-order valence-electron chi connectivity index (χ3n) is 8.04. The van der Waals surface area contributed by atoms with Crippen LogP contribution in [0.25, 0.3) is 0 Å². The van der Waals surface area contributed by atoms with Crippen LogP contribution >= 0.6 is 0 Å². The summed E-state index contributed by atoms with van der Waals surface area (Å²) >= 11 is 0. The number of methoxy groups -OCH3 is 1. The molecule has 10 heteroatoms. The van der Waals surface area contributed by atoms with Crippen molar-refractivity contribution in [2.75, 3.05) is 38.0 Å². The summed E-state index contributed by atoms with van der Waals surface area (Å²) in [5.41, 5.74) is 3.22. The first-order valence-electron chi connectivity index (χ1n) is 14.6. The Kier molecular flexibility index (Phi) is 9.54. The Bertz CT molecular complexity index is 1510. The SMILES string of the molecule is COc1ncccc1CN1CCN(C(=O)c2ccc(NS(=O)(=O)c3cccc(C)c3/N=C\C3CCCCC3)cc2)CC1. The van der Waals surface area contributed by atoms with Gasteiger partial charge in [-0.2, -0.15) is 0 Å². The Labute approximate surface area is 248 Å². The number of pyridine rings is 1. The molecule has 1 amide bonds. The highest BCUT2D eigenvalue weighted by Crippen LogP contribution is 2.31. The summed E-state index contributed by atoms with van der Waals surface area (Å²) in [6, 6.07) is 15.7. The first-order valence-corrected chi connectivity index (χ1v) is 16.1. The van der Waals surface area contributed by atoms with E-state index >= 15 is 0 Å². The number of piperazine rings is 1. The quantitative estimate of drug-likeness (QED) is 0.334. The number of benzene rings is 2. The first-order chi connectivity index (χ1) is 20.3. The van der Waals surface area contributed by atoms with Gasteiger partial charge in [-0.25, -0.2) is 13.4 Å². The summed E-state index contributed by atoms with van der Waals surface area (Å²) in [5.74, 6) is 0.943. The van der Waals surface area contributed by atoms with Crippen molar-refractivity contribution in [3.05, 3.63) is 77.5 Å². The van der Waals surface area contributed by atoms with E-state index in [2.05, 4.69) is 19.6 Å². The van der Waals surface area contributed by atoms with Crippen LogP contribution in [0, 0.1) is 12.8 Å². The zero-order valence-electron chi connectivity index (χ0n) is 24.3. The van der Waals surface area contributed by atoms with E-state index in [1.54, 1.807) is 49.7 Å². The standard InChI is InChI=1S/C32H39N5O4S/c1-24-8-6-12-29(30(24)34-22-25-9-4-3-5-10-25)42(39,40)35-28-15-13-26(14-16-28)32(38)37-20-18-36(19-21-37)23-27-11-7-17-33-31(27)41-2/h6-8,11-17,22,25,35H,3-5,9-10,18-21,23H2,1-2H3/b34-22-. The molecule has 0 radical (unpaired) electrons. The number of ether oxygens (including phenoxy) is 1. The minimum Gasteiger partial charge on any atom is -0.481 e. The monoisotopic (exact) mass is 589 g/mol. The number of hydrogen-bond acceptors (Lipinski definition) is 7. The number of anilines is 1. The fraction of sp³-hybridized carbons (Fsp3) is 0.406. The third-order valence-corrected chi connectivity index (χ3v) is 9.45. The Hall–Kier alpha value is -3.76. The van der Waals surface area contributed by atoms with Crippen molar-refractivity contribution in [2.45, 2.75) is 50.5 Å². The maximum atomic E-state index is 13.4. The molecule has 3 aromatic rings. The van der Waals surface area contributed by atoms with Crippen LogP contribution in [0.2, 0.25) is 0 Å². The van der Waals surface area contributed by atoms with E-state index in [0.717, 1.165) is 37.1 Å². The molecule has 1 saturated heterocycles. The van der Waals surface area contributed by atoms with Gasteiger partial charge in [0.05, 0.1) is 12.8 Å². The number of carbonyl (C=O) groups is 1. The molecule has 1 saturated carbocycles. The van der Waals surface area contributed by atoms with E-state index in [9.17, 15) is 13.2 Å². The summed E-state index contributed by atoms with van der Waals surface area (Å²) in [6.45, 7) is 5.28. The summed E-state index contributed by atoms with van der Waals surface area (Å²) in [7, 11) is -2.27. The molecule has 222 valence electrons. The average molecular weight is 590 g/mol. The summed E-state index contributed by atoms with van der Waals surface area (Å²) in [4.78, 5) is 26.4. The molecule has 2 fully saturated rings. The average Bonchev–Trinajstić information content (AvgIpc) is 3.01. The smallest absolute Gasteiger partial charge is 0.264 e. The lowest BCUT2D eigenvalue weighted by molar-refractivity contribution is 0.0627. The Morgan fingerprint density at radius 1 is 1.02 bits per heavy atom. The van der Waals surface area contributed by atoms with E-state index in [-0.39, 0.29) is 10.8 Å². The van der Waals surface area contributed by atoms with Crippen molar-refractivity contribution >= 4 is 33.5 Å². The highest BCUT2D eigenvalue weighted by atomic mass is 32.2. The highest BCUT2D eigenvalue weighted by Gasteiger charge is 2.24. The first kappa shape index (κ1) is 29.7. The maximum absolute atomic E-state index is 13.4. The second kappa shape index (κ2) is 13.5. The molecule has 9 nitrogen and oxygen atoms in total. The van der Waals surface area contributed by atoms with Crippen LogP contribution < -0.4 is 9.46 Å². The molecule has 1 aliphatic heterocycles. The van der Waals surface area contributed by atoms with Crippen molar-refractivity contribution in [1.82, 2.24) is 14.8 Å². The van der Waals surface area contributed by atoms with E-state index < -0.39 is 10.0 Å². The Morgan fingerprint density at radius 3 is 2.48 bits per heavy atom. The minimum atomic E-state index is -3.89. The molecular formula is C32H39N5O4S. The second-order valence-corrected chi connectivity index (χ2v) is 12.7. The van der Waals surface area contributed by atoms with Gasteiger partial charge in [-0.1, -0.05) is 37.5 Å². The number of nitrogens with one attached hydrogen (secondary N) is 1. The van der Waals surface area contributed by atoms with Crippen LogP contribution in [0.4, 0.5) is 11.4 Å². The fourth-order valence-electron chi connectivity index (χ4n) is 5.63. The lowest BCUT2D eigenvalue weighted by Crippen LogP contribution is -2.48. The number of nitrogens with zero attached hydrogens (tertiary/aromatic N) is 4. The van der Waals surface area contributed by atoms with Crippen LogP contribution in [0.3, 0.4) is 0 Å². The lowest BCUT2D eigenvalue weighted by Gasteiger charge is -2.35. The molecular weight excluding hydrogens is 550 g/mol. The number of sulfonamides is 1. The maximum Gasteiger partial charge on any atom is 0.264 e. The van der Waals surface area contributed by atoms with Gasteiger partial charge in [0.2, 0.25) is 5.88 Å². The third kappa shape index (κ3) is 7.17. The molecule has 2 heterocycles. The predicted molar refractivity (Wildman–Crippen MR) is 165 cm³/mol. The van der Waals surface area contributed by atoms with E-state index in [1.165, 1.54) is 19.3 Å². The van der Waals surface area contributed by atoms with Crippen LogP contribution in [0.5, 0.6) is 5.88 Å². The van der Waals surface area contributed by atoms with Gasteiger partial charge in [0.1, 0.15) is 4.90 Å². The number of amides is 1. The molecule has 1 aromatic heterocycles. The molecule has 0 bridgehead atoms. The molecule has 0 atom stereocenters. The zero-order chi connectivity index (χ0) is 29.5. The molecule has 5 rings (SSSR count). The normalized spacial score (nSPS) is 17.0. The predicted octanol–water partition coefficient (Wildman–Crippen LogP) is 5.44. The fourth-order valence-corrected chi connectivity index (χ4v) is 6.91. The number of carbonyl (C=O) groups excluding carboxylic acids is 1. The van der Waals surface area contributed by atoms with Crippen LogP contribution in [0.1, 0.15) is 53.6 Å². The number of aromatic nitrogens is 1. The summed E-state index contributed by atoms with van der Waals surface area (Å²) in [6.07, 6.45) is 9.45. The molecule has 0 unspecified atom stereocenters. The topological polar surface area (TPSA) is 104 Å². The largest absolute Gasteiger partial charge is 0.481 e. The van der Waals surface area contributed by atoms with E-state index in [4.69, 9.17) is 4.74 Å². The minimum absolute atomic E-state index is 0.0685. The Morgan fingerprint density at radius 2 is 1.76 bits per heavy atom. The van der Waals surface area contributed by atoms with E-state index in [1.807, 2.05) is 36.2 Å². The molecule has 42 heavy (non-hydrogen) atoms. The highest BCUT2D eigenvalue weighted by molar-refractivity contribution is 7.92. The van der Waals surface area contributed by atoms with Crippen molar-refractivity contribution in [2.24, 2.45) is 10.9 Å². The van der Waals surface area contributed by atoms with Crippen LogP contribution in [-0.4, -0.2) is 68.6 Å². The number of aryl methyl sites for hydroxylation is 1. The van der Waals surface area contributed by atoms with Crippen LogP contribution in [-0.2, 0) is 16.6 Å². The lowest BCUT2D eigenvalue weighted by atomic mass is 9.90. The van der Waals surface area contributed by atoms with E-state index in [0.29, 0.717) is 48.4 Å². The molecule has 1 aliphatic carbocycles. The van der Waals surface area contributed by atoms with Gasteiger partial charge in [-0.15, -0.1) is 0 Å². The molecule has 2 aliphatic rings. The molecule has 2 aromatic carbocycles. The van der Waals surface area contributed by atoms with Crippen molar-refractivity contribution < 1.29 is 17.9 Å². The van der Waals surface area contributed by atoms with Crippen molar-refractivity contribution in [3.8, 4) is 5.88 Å². The van der Waals surface area contributed by atoms with Crippen molar-refractivity contribution in [1.29, 1.82) is 0 Å². The summed E-state index contributed by atoms with van der Waals surface area (Å²) in [5, 5.41) is 0. The van der Waals surface area contributed by atoms with Gasteiger partial charge in [-0.3, -0.25) is 19.4 Å². The Balaban J connectivity index is 1.21. The number of hydrogen-bond donors (Lipinski definition) is 1. The summed E-state index contributed by atoms with van der Waals surface area (Å²) < 4.78 is 34.9. The van der Waals surface area contributed by atoms with Crippen LogP contribution in [0.15, 0.2) is 70.7 Å². The van der Waals surface area contributed by atoms with Gasteiger partial charge in [0.25, 0.3) is 15.9 Å². The van der Waals surface area contributed by atoms with Crippen molar-refractivity contribution in [3.63, 3.8) is 0 Å².